The number of ether oxygens (including phenoxy) is 2. The second kappa shape index (κ2) is 7.87. The number of aromatic nitrogens is 3. The van der Waals surface area contributed by atoms with Crippen LogP contribution >= 0.6 is 15.9 Å². The number of rotatable bonds is 8. The van der Waals surface area contributed by atoms with E-state index in [4.69, 9.17) is 9.47 Å². The molecular formula is C14H19BrN4O2. The minimum Gasteiger partial charge on any atom is -0.490 e. The first-order valence-corrected chi connectivity index (χ1v) is 7.70. The third-order valence-electron chi connectivity index (χ3n) is 2.70. The van der Waals surface area contributed by atoms with Crippen molar-refractivity contribution in [1.82, 2.24) is 14.9 Å². The summed E-state index contributed by atoms with van der Waals surface area (Å²) in [5, 5.41) is 7.49. The van der Waals surface area contributed by atoms with Gasteiger partial charge in [-0.15, -0.1) is 10.2 Å². The molecular weight excluding hydrogens is 336 g/mol. The number of nitrogens with one attached hydrogen (secondary N) is 1. The van der Waals surface area contributed by atoms with Crippen LogP contribution in [0.4, 0.5) is 0 Å². The van der Waals surface area contributed by atoms with Gasteiger partial charge < -0.3 is 14.9 Å². The van der Waals surface area contributed by atoms with Crippen LogP contribution in [0.25, 0.3) is 0 Å². The molecule has 0 aliphatic heterocycles. The minimum atomic E-state index is 0.594. The van der Waals surface area contributed by atoms with Gasteiger partial charge >= 0.3 is 0 Å². The molecule has 1 heterocycles. The number of halogens is 1. The Morgan fingerprint density at radius 2 is 1.95 bits per heavy atom. The van der Waals surface area contributed by atoms with Gasteiger partial charge in [-0.05, 0) is 47.0 Å². The van der Waals surface area contributed by atoms with E-state index < -0.39 is 0 Å². The van der Waals surface area contributed by atoms with E-state index in [0.29, 0.717) is 19.8 Å². The summed E-state index contributed by atoms with van der Waals surface area (Å²) >= 11 is 3.55. The molecule has 0 fully saturated rings. The smallest absolute Gasteiger partial charge is 0.175 e. The molecule has 1 aromatic carbocycles. The van der Waals surface area contributed by atoms with Crippen LogP contribution in [0, 0.1) is 0 Å². The van der Waals surface area contributed by atoms with Crippen molar-refractivity contribution < 1.29 is 9.47 Å². The first kappa shape index (κ1) is 15.6. The Morgan fingerprint density at radius 1 is 1.19 bits per heavy atom. The predicted molar refractivity (Wildman–Crippen MR) is 84.2 cm³/mol. The molecule has 0 atom stereocenters. The summed E-state index contributed by atoms with van der Waals surface area (Å²) in [4.78, 5) is 0. The van der Waals surface area contributed by atoms with Crippen molar-refractivity contribution in [2.45, 2.75) is 26.8 Å². The van der Waals surface area contributed by atoms with E-state index in [-0.39, 0.29) is 0 Å². The molecule has 21 heavy (non-hydrogen) atoms. The Hall–Kier alpha value is -1.76. The highest BCUT2D eigenvalue weighted by Crippen LogP contribution is 2.37. The van der Waals surface area contributed by atoms with E-state index in [9.17, 15) is 0 Å². The molecule has 6 nitrogen and oxygen atoms in total. The second-order valence-electron chi connectivity index (χ2n) is 4.39. The molecule has 0 amide bonds. The maximum Gasteiger partial charge on any atom is 0.175 e. The van der Waals surface area contributed by atoms with Crippen LogP contribution in [0.15, 0.2) is 29.3 Å². The van der Waals surface area contributed by atoms with Gasteiger partial charge in [0.25, 0.3) is 0 Å². The molecule has 0 aliphatic carbocycles. The highest BCUT2D eigenvalue weighted by molar-refractivity contribution is 9.10. The first-order chi connectivity index (χ1) is 10.2. The van der Waals surface area contributed by atoms with Crippen LogP contribution < -0.4 is 14.9 Å². The van der Waals surface area contributed by atoms with Crippen LogP contribution in [0.1, 0.15) is 25.8 Å². The molecule has 2 rings (SSSR count). The van der Waals surface area contributed by atoms with E-state index in [2.05, 4.69) is 38.5 Å². The maximum atomic E-state index is 5.76. The zero-order valence-corrected chi connectivity index (χ0v) is 13.8. The highest BCUT2D eigenvalue weighted by Gasteiger charge is 2.12. The molecule has 0 aliphatic rings. The summed E-state index contributed by atoms with van der Waals surface area (Å²) in [6, 6.07) is 4.00. The van der Waals surface area contributed by atoms with Crippen molar-refractivity contribution in [2.24, 2.45) is 0 Å². The molecule has 1 N–H and O–H groups in total. The summed E-state index contributed by atoms with van der Waals surface area (Å²) in [7, 11) is 0. The molecule has 0 saturated heterocycles. The average Bonchev–Trinajstić information content (AvgIpc) is 2.98. The van der Waals surface area contributed by atoms with Gasteiger partial charge in [-0.3, -0.25) is 0 Å². The van der Waals surface area contributed by atoms with E-state index in [1.807, 2.05) is 19.1 Å². The summed E-state index contributed by atoms with van der Waals surface area (Å²) in [5.74, 6) is 1.51. The molecule has 0 radical (unpaired) electrons. The third-order valence-corrected chi connectivity index (χ3v) is 3.29. The molecule has 0 bridgehead atoms. The van der Waals surface area contributed by atoms with Gasteiger partial charge in [0, 0.05) is 0 Å². The van der Waals surface area contributed by atoms with Gasteiger partial charge in [0.15, 0.2) is 11.5 Å². The minimum absolute atomic E-state index is 0.594. The van der Waals surface area contributed by atoms with Crippen molar-refractivity contribution in [2.75, 3.05) is 18.6 Å². The fourth-order valence-electron chi connectivity index (χ4n) is 1.80. The Kier molecular flexibility index (Phi) is 5.86. The maximum absolute atomic E-state index is 5.76. The number of nitrogens with zero attached hydrogens (tertiary/aromatic N) is 3. The Bertz CT molecular complexity index is 560. The van der Waals surface area contributed by atoms with Crippen molar-refractivity contribution in [3.8, 4) is 11.5 Å². The number of hydrogen-bond acceptors (Lipinski definition) is 5. The number of benzene rings is 1. The van der Waals surface area contributed by atoms with E-state index in [1.54, 1.807) is 17.3 Å². The summed E-state index contributed by atoms with van der Waals surface area (Å²) < 4.78 is 14.0. The fraction of sp³-hybridized carbons (Fsp3) is 0.429. The van der Waals surface area contributed by atoms with Crippen LogP contribution in [0.2, 0.25) is 0 Å². The molecule has 0 saturated carbocycles. The molecule has 0 unspecified atom stereocenters. The van der Waals surface area contributed by atoms with Gasteiger partial charge in [0.05, 0.1) is 24.2 Å². The summed E-state index contributed by atoms with van der Waals surface area (Å²) in [6.07, 6.45) is 4.17. The highest BCUT2D eigenvalue weighted by atomic mass is 79.9. The lowest BCUT2D eigenvalue weighted by molar-refractivity contribution is 0.275. The Morgan fingerprint density at radius 3 is 2.62 bits per heavy atom. The fourth-order valence-corrected chi connectivity index (χ4v) is 2.40. The molecule has 0 spiro atoms. The lowest BCUT2D eigenvalue weighted by Gasteiger charge is -2.15. The second-order valence-corrected chi connectivity index (χ2v) is 5.24. The third kappa shape index (κ3) is 4.35. The SMILES string of the molecule is CCCOc1c(Br)cc(CNn2cnnc2)cc1OCC. The largest absolute Gasteiger partial charge is 0.490 e. The monoisotopic (exact) mass is 354 g/mol. The van der Waals surface area contributed by atoms with E-state index >= 15 is 0 Å². The Balaban J connectivity index is 2.14. The van der Waals surface area contributed by atoms with Gasteiger partial charge in [0.2, 0.25) is 0 Å². The topological polar surface area (TPSA) is 61.2 Å². The normalized spacial score (nSPS) is 10.4. The van der Waals surface area contributed by atoms with Crippen molar-refractivity contribution in [3.63, 3.8) is 0 Å². The van der Waals surface area contributed by atoms with Crippen LogP contribution in [-0.4, -0.2) is 28.1 Å². The van der Waals surface area contributed by atoms with Crippen LogP contribution in [0.3, 0.4) is 0 Å². The van der Waals surface area contributed by atoms with Gasteiger partial charge in [-0.1, -0.05) is 6.92 Å². The predicted octanol–water partition coefficient (Wildman–Crippen LogP) is 2.97. The van der Waals surface area contributed by atoms with Crippen molar-refractivity contribution in [1.29, 1.82) is 0 Å². The summed E-state index contributed by atoms with van der Waals surface area (Å²) in [5.41, 5.74) is 4.25. The lowest BCUT2D eigenvalue weighted by Crippen LogP contribution is -2.12. The van der Waals surface area contributed by atoms with Crippen molar-refractivity contribution >= 4 is 15.9 Å². The quantitative estimate of drug-likeness (QED) is 0.789. The summed E-state index contributed by atoms with van der Waals surface area (Å²) in [6.45, 7) is 5.92. The lowest BCUT2D eigenvalue weighted by atomic mass is 10.2. The van der Waals surface area contributed by atoms with Gasteiger partial charge in [-0.25, -0.2) is 4.68 Å². The van der Waals surface area contributed by atoms with Crippen LogP contribution in [-0.2, 0) is 6.54 Å². The van der Waals surface area contributed by atoms with Crippen LogP contribution in [0.5, 0.6) is 11.5 Å². The first-order valence-electron chi connectivity index (χ1n) is 6.91. The van der Waals surface area contributed by atoms with E-state index in [0.717, 1.165) is 28.0 Å². The van der Waals surface area contributed by atoms with Crippen molar-refractivity contribution in [3.05, 3.63) is 34.8 Å². The van der Waals surface area contributed by atoms with Gasteiger partial charge in [-0.2, -0.15) is 0 Å². The van der Waals surface area contributed by atoms with Gasteiger partial charge in [0.1, 0.15) is 12.7 Å². The zero-order valence-electron chi connectivity index (χ0n) is 12.2. The molecule has 1 aromatic heterocycles. The standard InChI is InChI=1S/C14H19BrN4O2/c1-3-5-21-14-12(15)6-11(7-13(14)20-4-2)8-18-19-9-16-17-10-19/h6-7,9-10,18H,3-5,8H2,1-2H3. The average molecular weight is 355 g/mol. The zero-order chi connectivity index (χ0) is 15.1. The molecule has 114 valence electrons. The molecule has 2 aromatic rings. The Labute approximate surface area is 132 Å². The van der Waals surface area contributed by atoms with E-state index in [1.165, 1.54) is 0 Å². The molecule has 7 heteroatoms. The number of hydrogen-bond donors (Lipinski definition) is 1.